The summed E-state index contributed by atoms with van der Waals surface area (Å²) in [6.07, 6.45) is 2.09. The fourth-order valence-electron chi connectivity index (χ4n) is 3.59. The number of anilines is 1. The van der Waals surface area contributed by atoms with Crippen molar-refractivity contribution >= 4 is 23.1 Å². The summed E-state index contributed by atoms with van der Waals surface area (Å²) in [7, 11) is 4.13. The second kappa shape index (κ2) is 10.0. The first-order chi connectivity index (χ1) is 15.5. The molecule has 2 heterocycles. The van der Waals surface area contributed by atoms with Crippen molar-refractivity contribution in [1.82, 2.24) is 19.6 Å². The molecule has 166 valence electrons. The molecule has 0 unspecified atom stereocenters. The lowest BCUT2D eigenvalue weighted by molar-refractivity contribution is 0.400. The highest BCUT2D eigenvalue weighted by Gasteiger charge is 2.17. The average molecular weight is 450 g/mol. The number of nitrogens with zero attached hydrogens (tertiary/aromatic N) is 3. The molecule has 0 aliphatic rings. The fraction of sp³-hybridized carbons (Fsp3) is 0.240. The molecule has 0 fully saturated rings. The maximum atomic E-state index is 10.5. The number of hydrogen-bond acceptors (Lipinski definition) is 5. The van der Waals surface area contributed by atoms with E-state index in [2.05, 4.69) is 46.3 Å². The van der Waals surface area contributed by atoms with Gasteiger partial charge in [0, 0.05) is 43.0 Å². The van der Waals surface area contributed by atoms with Gasteiger partial charge in [0.1, 0.15) is 22.9 Å². The minimum atomic E-state index is 0.201. The number of para-hydroxylation sites is 1. The number of benzene rings is 2. The SMILES string of the molecule is CN(C)CCNCc1ccc2nc(-c3ccccc3O)c(NCc3cccc(Cl)c3)n2c1. The number of aromatic nitrogens is 2. The quantitative estimate of drug-likeness (QED) is 0.325. The summed E-state index contributed by atoms with van der Waals surface area (Å²) in [6, 6.07) is 19.1. The van der Waals surface area contributed by atoms with E-state index >= 15 is 0 Å². The highest BCUT2D eigenvalue weighted by molar-refractivity contribution is 6.30. The minimum Gasteiger partial charge on any atom is -0.507 e. The summed E-state index contributed by atoms with van der Waals surface area (Å²) >= 11 is 6.16. The van der Waals surface area contributed by atoms with Crippen LogP contribution in [0.3, 0.4) is 0 Å². The highest BCUT2D eigenvalue weighted by Crippen LogP contribution is 2.35. The van der Waals surface area contributed by atoms with Gasteiger partial charge in [-0.05, 0) is 55.6 Å². The molecule has 3 N–H and O–H groups in total. The van der Waals surface area contributed by atoms with Gasteiger partial charge in [0.2, 0.25) is 0 Å². The molecule has 2 aromatic heterocycles. The van der Waals surface area contributed by atoms with Crippen LogP contribution in [0.5, 0.6) is 5.75 Å². The van der Waals surface area contributed by atoms with Gasteiger partial charge in [-0.25, -0.2) is 4.98 Å². The van der Waals surface area contributed by atoms with Crippen LogP contribution in [0.2, 0.25) is 5.02 Å². The Hall–Kier alpha value is -3.06. The van der Waals surface area contributed by atoms with E-state index < -0.39 is 0 Å². The van der Waals surface area contributed by atoms with Crippen LogP contribution in [0, 0.1) is 0 Å². The van der Waals surface area contributed by atoms with Gasteiger partial charge in [-0.2, -0.15) is 0 Å². The number of hydrogen-bond donors (Lipinski definition) is 3. The zero-order valence-corrected chi connectivity index (χ0v) is 19.1. The van der Waals surface area contributed by atoms with E-state index in [4.69, 9.17) is 16.6 Å². The largest absolute Gasteiger partial charge is 0.507 e. The van der Waals surface area contributed by atoms with Crippen LogP contribution < -0.4 is 10.6 Å². The Morgan fingerprint density at radius 3 is 2.62 bits per heavy atom. The number of aromatic hydroxyl groups is 1. The molecule has 0 aliphatic carbocycles. The molecule has 0 radical (unpaired) electrons. The van der Waals surface area contributed by atoms with Crippen LogP contribution in [0.1, 0.15) is 11.1 Å². The molecule has 0 aliphatic heterocycles. The Kier molecular flexibility index (Phi) is 6.95. The maximum Gasteiger partial charge on any atom is 0.139 e. The van der Waals surface area contributed by atoms with Gasteiger partial charge in [-0.1, -0.05) is 41.9 Å². The number of pyridine rings is 1. The zero-order valence-electron chi connectivity index (χ0n) is 18.3. The van der Waals surface area contributed by atoms with Crippen molar-refractivity contribution in [2.24, 2.45) is 0 Å². The van der Waals surface area contributed by atoms with Gasteiger partial charge in [-0.3, -0.25) is 4.40 Å². The average Bonchev–Trinajstić information content (AvgIpc) is 3.13. The standard InChI is InChI=1S/C25H28ClN5O/c1-30(2)13-12-27-15-19-10-11-23-29-24(21-8-3-4-9-22(21)32)25(31(23)17-19)28-16-18-6-5-7-20(26)14-18/h3-11,14,17,27-28,32H,12-13,15-16H2,1-2H3. The number of nitrogens with one attached hydrogen (secondary N) is 2. The van der Waals surface area contributed by atoms with Crippen molar-refractivity contribution in [3.8, 4) is 17.0 Å². The van der Waals surface area contributed by atoms with E-state index in [9.17, 15) is 5.11 Å². The maximum absolute atomic E-state index is 10.5. The second-order valence-electron chi connectivity index (χ2n) is 8.06. The molecular weight excluding hydrogens is 422 g/mol. The number of imidazole rings is 1. The number of likely N-dealkylation sites (N-methyl/N-ethyl adjacent to an activating group) is 1. The summed E-state index contributed by atoms with van der Waals surface area (Å²) in [6.45, 7) is 3.25. The summed E-state index contributed by atoms with van der Waals surface area (Å²) in [5.41, 5.74) is 4.44. The molecular formula is C25H28ClN5O. The van der Waals surface area contributed by atoms with Gasteiger partial charge in [0.25, 0.3) is 0 Å². The Morgan fingerprint density at radius 2 is 1.84 bits per heavy atom. The van der Waals surface area contributed by atoms with E-state index in [1.165, 1.54) is 0 Å². The van der Waals surface area contributed by atoms with Gasteiger partial charge in [0.05, 0.1) is 0 Å². The molecule has 0 saturated heterocycles. The Morgan fingerprint density at radius 1 is 1.00 bits per heavy atom. The van der Waals surface area contributed by atoms with Crippen LogP contribution in [0.15, 0.2) is 66.9 Å². The molecule has 2 aromatic carbocycles. The van der Waals surface area contributed by atoms with Crippen molar-refractivity contribution < 1.29 is 5.11 Å². The summed E-state index contributed by atoms with van der Waals surface area (Å²) in [4.78, 5) is 6.98. The lowest BCUT2D eigenvalue weighted by Gasteiger charge is -2.12. The number of fused-ring (bicyclic) bond motifs is 1. The second-order valence-corrected chi connectivity index (χ2v) is 8.49. The van der Waals surface area contributed by atoms with Crippen molar-refractivity contribution in [3.63, 3.8) is 0 Å². The number of halogens is 1. The van der Waals surface area contributed by atoms with E-state index in [-0.39, 0.29) is 5.75 Å². The number of rotatable bonds is 9. The third-order valence-electron chi connectivity index (χ3n) is 5.25. The minimum absolute atomic E-state index is 0.201. The van der Waals surface area contributed by atoms with Crippen molar-refractivity contribution in [2.75, 3.05) is 32.5 Å². The summed E-state index contributed by atoms with van der Waals surface area (Å²) < 4.78 is 2.05. The van der Waals surface area contributed by atoms with Crippen molar-refractivity contribution in [2.45, 2.75) is 13.1 Å². The van der Waals surface area contributed by atoms with Crippen LogP contribution >= 0.6 is 11.6 Å². The molecule has 0 saturated carbocycles. The smallest absolute Gasteiger partial charge is 0.139 e. The molecule has 0 amide bonds. The Bertz CT molecular complexity index is 1200. The van der Waals surface area contributed by atoms with Crippen LogP contribution in [0.4, 0.5) is 5.82 Å². The van der Waals surface area contributed by atoms with Gasteiger partial charge >= 0.3 is 0 Å². The Balaban J connectivity index is 1.68. The van der Waals surface area contributed by atoms with E-state index in [0.717, 1.165) is 42.2 Å². The number of phenols is 1. The highest BCUT2D eigenvalue weighted by atomic mass is 35.5. The Labute approximate surface area is 193 Å². The number of phenolic OH excluding ortho intramolecular Hbond substituents is 1. The van der Waals surface area contributed by atoms with E-state index in [1.54, 1.807) is 6.07 Å². The normalized spacial score (nSPS) is 11.4. The lowest BCUT2D eigenvalue weighted by atomic mass is 10.1. The summed E-state index contributed by atoms with van der Waals surface area (Å²) in [5, 5.41) is 18.2. The molecule has 32 heavy (non-hydrogen) atoms. The molecule has 4 rings (SSSR count). The molecule has 0 bridgehead atoms. The van der Waals surface area contributed by atoms with Crippen LogP contribution in [-0.2, 0) is 13.1 Å². The molecule has 7 heteroatoms. The molecule has 0 atom stereocenters. The van der Waals surface area contributed by atoms with E-state index in [0.29, 0.717) is 22.8 Å². The molecule has 4 aromatic rings. The molecule has 6 nitrogen and oxygen atoms in total. The topological polar surface area (TPSA) is 64.8 Å². The first-order valence-electron chi connectivity index (χ1n) is 10.6. The zero-order chi connectivity index (χ0) is 22.5. The van der Waals surface area contributed by atoms with Gasteiger partial charge < -0.3 is 20.6 Å². The lowest BCUT2D eigenvalue weighted by Crippen LogP contribution is -2.26. The van der Waals surface area contributed by atoms with Crippen molar-refractivity contribution in [1.29, 1.82) is 0 Å². The monoisotopic (exact) mass is 449 g/mol. The van der Waals surface area contributed by atoms with Crippen LogP contribution in [-0.4, -0.2) is 46.6 Å². The molecule has 0 spiro atoms. The first-order valence-corrected chi connectivity index (χ1v) is 11.0. The first kappa shape index (κ1) is 22.1. The van der Waals surface area contributed by atoms with Crippen molar-refractivity contribution in [3.05, 3.63) is 83.0 Å². The van der Waals surface area contributed by atoms with Crippen LogP contribution in [0.25, 0.3) is 16.9 Å². The third-order valence-corrected chi connectivity index (χ3v) is 5.49. The van der Waals surface area contributed by atoms with Gasteiger partial charge in [0.15, 0.2) is 0 Å². The summed E-state index contributed by atoms with van der Waals surface area (Å²) in [5.74, 6) is 1.03. The third kappa shape index (κ3) is 5.22. The fourth-order valence-corrected chi connectivity index (χ4v) is 3.80. The van der Waals surface area contributed by atoms with E-state index in [1.807, 2.05) is 48.5 Å². The van der Waals surface area contributed by atoms with Gasteiger partial charge in [-0.15, -0.1) is 0 Å². The predicted molar refractivity (Wildman–Crippen MR) is 131 cm³/mol. The predicted octanol–water partition coefficient (Wildman–Crippen LogP) is 4.62.